The van der Waals surface area contributed by atoms with E-state index in [1.807, 2.05) is 0 Å². The van der Waals surface area contributed by atoms with E-state index in [1.165, 1.54) is 6.07 Å². The van der Waals surface area contributed by atoms with Crippen LogP contribution in [0.15, 0.2) is 36.4 Å². The van der Waals surface area contributed by atoms with Gasteiger partial charge in [-0.15, -0.1) is 0 Å². The second-order valence-electron chi connectivity index (χ2n) is 4.30. The number of fused-ring (bicyclic) bond motifs is 1. The lowest BCUT2D eigenvalue weighted by Gasteiger charge is -2.14. The molecule has 0 saturated heterocycles. The third kappa shape index (κ3) is 4.10. The third-order valence-electron chi connectivity index (χ3n) is 2.75. The van der Waals surface area contributed by atoms with Gasteiger partial charge in [0.25, 0.3) is 0 Å². The van der Waals surface area contributed by atoms with Crippen LogP contribution in [0.5, 0.6) is 5.75 Å². The van der Waals surface area contributed by atoms with Gasteiger partial charge < -0.3 is 19.5 Å². The van der Waals surface area contributed by atoms with E-state index in [4.69, 9.17) is 4.74 Å². The molecule has 0 heterocycles. The molecule has 21 heavy (non-hydrogen) atoms. The van der Waals surface area contributed by atoms with E-state index in [1.54, 1.807) is 30.3 Å². The van der Waals surface area contributed by atoms with Gasteiger partial charge in [0.15, 0.2) is 6.79 Å². The van der Waals surface area contributed by atoms with Gasteiger partial charge in [0, 0.05) is 5.46 Å². The quantitative estimate of drug-likeness (QED) is 0.498. The largest absolute Gasteiger partial charge is 0.492 e. The van der Waals surface area contributed by atoms with E-state index >= 15 is 0 Å². The normalized spacial score (nSPS) is 11.7. The Bertz CT molecular complexity index is 616. The number of rotatable bonds is 5. The van der Waals surface area contributed by atoms with E-state index in [-0.39, 0.29) is 11.2 Å². The fourth-order valence-electron chi connectivity index (χ4n) is 1.93. The molecule has 0 radical (unpaired) electrons. The lowest BCUT2D eigenvalue weighted by Crippen LogP contribution is -2.32. The van der Waals surface area contributed by atoms with Gasteiger partial charge in [0.2, 0.25) is 0 Å². The molecule has 112 valence electrons. The van der Waals surface area contributed by atoms with Gasteiger partial charge in [0.1, 0.15) is 12.4 Å². The highest BCUT2D eigenvalue weighted by atomic mass is 19.4. The number of hydrogen-bond acceptors (Lipinski definition) is 4. The number of halogens is 3. The molecule has 0 fully saturated rings. The van der Waals surface area contributed by atoms with E-state index in [0.29, 0.717) is 5.39 Å². The molecule has 2 aromatic rings. The van der Waals surface area contributed by atoms with Crippen LogP contribution < -0.4 is 10.2 Å². The van der Waals surface area contributed by atoms with Crippen molar-refractivity contribution in [3.63, 3.8) is 0 Å². The number of hydrogen-bond donors (Lipinski definition) is 2. The van der Waals surface area contributed by atoms with Crippen LogP contribution in [0.4, 0.5) is 13.2 Å². The van der Waals surface area contributed by atoms with Crippen molar-refractivity contribution in [3.8, 4) is 5.75 Å². The zero-order valence-electron chi connectivity index (χ0n) is 10.8. The van der Waals surface area contributed by atoms with Crippen molar-refractivity contribution in [1.29, 1.82) is 0 Å². The smallest absolute Gasteiger partial charge is 0.468 e. The summed E-state index contributed by atoms with van der Waals surface area (Å²) in [6, 6.07) is 10.0. The Kier molecular flexibility index (Phi) is 4.71. The van der Waals surface area contributed by atoms with Gasteiger partial charge in [-0.1, -0.05) is 30.3 Å². The van der Waals surface area contributed by atoms with E-state index in [0.717, 1.165) is 5.39 Å². The number of benzene rings is 2. The van der Waals surface area contributed by atoms with Gasteiger partial charge in [-0.05, 0) is 16.8 Å². The standard InChI is InChI=1S/C13H12BF3O4/c15-13(16,17)7-20-8-21-11-6-5-9-3-1-2-4-10(9)12(11)14(18)19/h1-6,18-19H,7-8H2. The highest BCUT2D eigenvalue weighted by Crippen LogP contribution is 2.19. The second-order valence-corrected chi connectivity index (χ2v) is 4.30. The summed E-state index contributed by atoms with van der Waals surface area (Å²) in [5.74, 6) is 0.0610. The minimum Gasteiger partial charge on any atom is -0.468 e. The third-order valence-corrected chi connectivity index (χ3v) is 2.75. The molecule has 0 spiro atoms. The van der Waals surface area contributed by atoms with Crippen molar-refractivity contribution in [1.82, 2.24) is 0 Å². The van der Waals surface area contributed by atoms with E-state index in [2.05, 4.69) is 4.74 Å². The Hall–Kier alpha value is -1.77. The van der Waals surface area contributed by atoms with Gasteiger partial charge >= 0.3 is 13.3 Å². The van der Waals surface area contributed by atoms with Gasteiger partial charge in [-0.3, -0.25) is 0 Å². The topological polar surface area (TPSA) is 58.9 Å². The van der Waals surface area contributed by atoms with Gasteiger partial charge in [0.05, 0.1) is 0 Å². The molecule has 0 saturated carbocycles. The molecule has 0 unspecified atom stereocenters. The molecule has 2 N–H and O–H groups in total. The Morgan fingerprint density at radius 1 is 1.05 bits per heavy atom. The minimum atomic E-state index is -4.44. The van der Waals surface area contributed by atoms with Crippen LogP contribution in [0, 0.1) is 0 Å². The zero-order valence-corrected chi connectivity index (χ0v) is 10.8. The van der Waals surface area contributed by atoms with Crippen molar-refractivity contribution in [2.45, 2.75) is 6.18 Å². The van der Waals surface area contributed by atoms with Crippen LogP contribution >= 0.6 is 0 Å². The molecule has 0 aromatic heterocycles. The van der Waals surface area contributed by atoms with Gasteiger partial charge in [-0.2, -0.15) is 13.2 Å². The summed E-state index contributed by atoms with van der Waals surface area (Å²) in [7, 11) is -1.81. The van der Waals surface area contributed by atoms with Crippen molar-refractivity contribution < 1.29 is 32.7 Å². The van der Waals surface area contributed by atoms with Crippen LogP contribution in [0.25, 0.3) is 10.8 Å². The maximum atomic E-state index is 11.9. The van der Waals surface area contributed by atoms with E-state index in [9.17, 15) is 23.2 Å². The first-order chi connectivity index (χ1) is 9.88. The summed E-state index contributed by atoms with van der Waals surface area (Å²) < 4.78 is 45.2. The molecule has 2 aromatic carbocycles. The van der Waals surface area contributed by atoms with Crippen LogP contribution in [0.2, 0.25) is 0 Å². The first-order valence-corrected chi connectivity index (χ1v) is 6.03. The van der Waals surface area contributed by atoms with Crippen LogP contribution in [0.3, 0.4) is 0 Å². The molecule has 8 heteroatoms. The molecule has 2 rings (SSSR count). The highest BCUT2D eigenvalue weighted by molar-refractivity contribution is 6.63. The molecule has 0 atom stereocenters. The SMILES string of the molecule is OB(O)c1c(OCOCC(F)(F)F)ccc2ccccc12. The first kappa shape index (κ1) is 15.6. The average molecular weight is 300 g/mol. The molecule has 4 nitrogen and oxygen atoms in total. The average Bonchev–Trinajstić information content (AvgIpc) is 2.41. The Morgan fingerprint density at radius 3 is 2.43 bits per heavy atom. The molecular weight excluding hydrogens is 288 g/mol. The molecule has 0 amide bonds. The highest BCUT2D eigenvalue weighted by Gasteiger charge is 2.27. The molecule has 0 aliphatic heterocycles. The Balaban J connectivity index is 2.17. The fourth-order valence-corrected chi connectivity index (χ4v) is 1.93. The van der Waals surface area contributed by atoms with E-state index < -0.39 is 26.7 Å². The maximum absolute atomic E-state index is 11.9. The monoisotopic (exact) mass is 300 g/mol. The van der Waals surface area contributed by atoms with Crippen LogP contribution in [0.1, 0.15) is 0 Å². The first-order valence-electron chi connectivity index (χ1n) is 6.03. The molecule has 0 aliphatic carbocycles. The predicted molar refractivity (Wildman–Crippen MR) is 71.3 cm³/mol. The summed E-state index contributed by atoms with van der Waals surface area (Å²) in [4.78, 5) is 0. The summed E-state index contributed by atoms with van der Waals surface area (Å²) in [5.41, 5.74) is 0.0868. The van der Waals surface area contributed by atoms with Crippen molar-refractivity contribution >= 4 is 23.4 Å². The predicted octanol–water partition coefficient (Wildman–Crippen LogP) is 1.43. The van der Waals surface area contributed by atoms with Gasteiger partial charge in [-0.25, -0.2) is 0 Å². The van der Waals surface area contributed by atoms with Crippen LogP contribution in [-0.4, -0.2) is 36.7 Å². The molecular formula is C13H12BF3O4. The Morgan fingerprint density at radius 2 is 1.76 bits per heavy atom. The number of alkyl halides is 3. The lowest BCUT2D eigenvalue weighted by atomic mass is 9.76. The number of ether oxygens (including phenoxy) is 2. The molecule has 0 bridgehead atoms. The Labute approximate surface area is 118 Å². The van der Waals surface area contributed by atoms with Crippen LogP contribution in [-0.2, 0) is 4.74 Å². The summed E-state index contributed by atoms with van der Waals surface area (Å²) >= 11 is 0. The molecule has 0 aliphatic rings. The van der Waals surface area contributed by atoms with Crippen molar-refractivity contribution in [2.24, 2.45) is 0 Å². The lowest BCUT2D eigenvalue weighted by molar-refractivity contribution is -0.186. The fraction of sp³-hybridized carbons (Fsp3) is 0.231. The summed E-state index contributed by atoms with van der Waals surface area (Å²) in [6.07, 6.45) is -4.44. The second kappa shape index (κ2) is 6.34. The summed E-state index contributed by atoms with van der Waals surface area (Å²) in [6.45, 7) is -2.07. The summed E-state index contributed by atoms with van der Waals surface area (Å²) in [5, 5.41) is 20.2. The maximum Gasteiger partial charge on any atom is 0.492 e. The van der Waals surface area contributed by atoms with Crippen molar-refractivity contribution in [2.75, 3.05) is 13.4 Å². The van der Waals surface area contributed by atoms with Crippen molar-refractivity contribution in [3.05, 3.63) is 36.4 Å². The minimum absolute atomic E-state index is 0.0610. The zero-order chi connectivity index (χ0) is 15.5.